The van der Waals surface area contributed by atoms with Gasteiger partial charge in [-0.1, -0.05) is 12.1 Å². The van der Waals surface area contributed by atoms with Gasteiger partial charge in [0.25, 0.3) is 0 Å². The Hall–Kier alpha value is -2.57. The second-order valence-corrected chi connectivity index (χ2v) is 8.26. The highest BCUT2D eigenvalue weighted by Gasteiger charge is 2.18. The number of benzene rings is 2. The summed E-state index contributed by atoms with van der Waals surface area (Å²) in [6.07, 6.45) is 5.90. The first-order valence-corrected chi connectivity index (χ1v) is 11.4. The number of ether oxygens (including phenoxy) is 2. The highest BCUT2D eigenvalue weighted by atomic mass is 16.5. The summed E-state index contributed by atoms with van der Waals surface area (Å²) in [5.41, 5.74) is 13.0. The predicted molar refractivity (Wildman–Crippen MR) is 126 cm³/mol. The quantitative estimate of drug-likeness (QED) is 0.274. The SMILES string of the molecule is N=C(N)c1ccc(OCCCC2CCN(CCCOc3ccc(CN)cc3)CC2)cc1. The van der Waals surface area contributed by atoms with E-state index in [9.17, 15) is 0 Å². The van der Waals surface area contributed by atoms with E-state index in [0.29, 0.717) is 6.54 Å². The van der Waals surface area contributed by atoms with Gasteiger partial charge in [0.1, 0.15) is 17.3 Å². The second-order valence-electron chi connectivity index (χ2n) is 8.26. The van der Waals surface area contributed by atoms with Crippen molar-refractivity contribution in [2.45, 2.75) is 38.6 Å². The molecule has 1 aliphatic heterocycles. The van der Waals surface area contributed by atoms with Crippen molar-refractivity contribution in [1.82, 2.24) is 4.90 Å². The topological polar surface area (TPSA) is 97.6 Å². The van der Waals surface area contributed by atoms with Crippen LogP contribution in [0.5, 0.6) is 11.5 Å². The number of nitrogens with one attached hydrogen (secondary N) is 1. The van der Waals surface area contributed by atoms with E-state index in [4.69, 9.17) is 26.4 Å². The lowest BCUT2D eigenvalue weighted by atomic mass is 9.92. The normalized spacial score (nSPS) is 15.0. The summed E-state index contributed by atoms with van der Waals surface area (Å²) in [7, 11) is 0. The van der Waals surface area contributed by atoms with Crippen LogP contribution in [0.4, 0.5) is 0 Å². The van der Waals surface area contributed by atoms with Crippen molar-refractivity contribution >= 4 is 5.84 Å². The van der Waals surface area contributed by atoms with Crippen LogP contribution in [0, 0.1) is 11.3 Å². The van der Waals surface area contributed by atoms with Gasteiger partial charge in [-0.15, -0.1) is 0 Å². The fourth-order valence-corrected chi connectivity index (χ4v) is 3.99. The molecule has 0 saturated carbocycles. The molecule has 1 heterocycles. The van der Waals surface area contributed by atoms with Crippen molar-refractivity contribution in [2.24, 2.45) is 17.4 Å². The van der Waals surface area contributed by atoms with E-state index < -0.39 is 0 Å². The largest absolute Gasteiger partial charge is 0.494 e. The van der Waals surface area contributed by atoms with Crippen LogP contribution in [-0.4, -0.2) is 43.6 Å². The van der Waals surface area contributed by atoms with Gasteiger partial charge in [-0.05, 0) is 93.1 Å². The van der Waals surface area contributed by atoms with Gasteiger partial charge in [-0.3, -0.25) is 5.41 Å². The van der Waals surface area contributed by atoms with Gasteiger partial charge in [-0.2, -0.15) is 0 Å². The zero-order valence-corrected chi connectivity index (χ0v) is 18.4. The molecule has 0 spiro atoms. The van der Waals surface area contributed by atoms with Crippen molar-refractivity contribution in [1.29, 1.82) is 5.41 Å². The fourth-order valence-electron chi connectivity index (χ4n) is 3.99. The zero-order chi connectivity index (χ0) is 21.9. The Labute approximate surface area is 186 Å². The van der Waals surface area contributed by atoms with Crippen LogP contribution < -0.4 is 20.9 Å². The molecule has 2 aromatic rings. The summed E-state index contributed by atoms with van der Waals surface area (Å²) >= 11 is 0. The maximum atomic E-state index is 7.42. The molecule has 0 aromatic heterocycles. The predicted octanol–water partition coefficient (Wildman–Crippen LogP) is 3.77. The highest BCUT2D eigenvalue weighted by Crippen LogP contribution is 2.22. The van der Waals surface area contributed by atoms with E-state index in [1.807, 2.05) is 48.5 Å². The lowest BCUT2D eigenvalue weighted by Crippen LogP contribution is -2.35. The maximum Gasteiger partial charge on any atom is 0.122 e. The number of amidine groups is 1. The average molecular weight is 425 g/mol. The minimum atomic E-state index is 0.0861. The van der Waals surface area contributed by atoms with Gasteiger partial charge in [0.05, 0.1) is 13.2 Å². The van der Waals surface area contributed by atoms with E-state index in [-0.39, 0.29) is 5.84 Å². The van der Waals surface area contributed by atoms with E-state index >= 15 is 0 Å². The van der Waals surface area contributed by atoms with Crippen LogP contribution >= 0.6 is 0 Å². The maximum absolute atomic E-state index is 7.42. The number of nitrogen functional groups attached to an aromatic ring is 1. The van der Waals surface area contributed by atoms with E-state index in [2.05, 4.69) is 4.90 Å². The van der Waals surface area contributed by atoms with Gasteiger partial charge in [-0.25, -0.2) is 0 Å². The summed E-state index contributed by atoms with van der Waals surface area (Å²) in [5, 5.41) is 7.42. The summed E-state index contributed by atoms with van der Waals surface area (Å²) < 4.78 is 11.7. The third kappa shape index (κ3) is 7.89. The molecule has 3 rings (SSSR count). The molecule has 1 saturated heterocycles. The van der Waals surface area contributed by atoms with E-state index in [1.165, 1.54) is 32.4 Å². The van der Waals surface area contributed by atoms with E-state index in [1.54, 1.807) is 0 Å². The Balaban J connectivity index is 1.22. The molecule has 0 aliphatic carbocycles. The first-order valence-electron chi connectivity index (χ1n) is 11.4. The van der Waals surface area contributed by atoms with Gasteiger partial charge < -0.3 is 25.8 Å². The number of hydrogen-bond acceptors (Lipinski definition) is 5. The fraction of sp³-hybridized carbons (Fsp3) is 0.480. The molecular weight excluding hydrogens is 388 g/mol. The molecule has 1 fully saturated rings. The average Bonchev–Trinajstić information content (AvgIpc) is 2.81. The van der Waals surface area contributed by atoms with Crippen molar-refractivity contribution in [3.63, 3.8) is 0 Å². The Morgan fingerprint density at radius 3 is 2.06 bits per heavy atom. The van der Waals surface area contributed by atoms with E-state index in [0.717, 1.165) is 61.1 Å². The molecule has 168 valence electrons. The van der Waals surface area contributed by atoms with Crippen LogP contribution in [0.25, 0.3) is 0 Å². The van der Waals surface area contributed by atoms with Crippen molar-refractivity contribution in [3.05, 3.63) is 59.7 Å². The molecule has 6 heteroatoms. The summed E-state index contributed by atoms with van der Waals surface area (Å²) in [6, 6.07) is 15.5. The van der Waals surface area contributed by atoms with Crippen LogP contribution in [0.2, 0.25) is 0 Å². The number of nitrogens with two attached hydrogens (primary N) is 2. The third-order valence-electron chi connectivity index (χ3n) is 5.94. The minimum absolute atomic E-state index is 0.0861. The number of rotatable bonds is 12. The van der Waals surface area contributed by atoms with Crippen LogP contribution in [-0.2, 0) is 6.54 Å². The number of piperidine rings is 1. The standard InChI is InChI=1S/C25H36N4O2/c26-19-21-4-8-23(9-5-21)31-18-2-14-29-15-12-20(13-16-29)3-1-17-30-24-10-6-22(7-11-24)25(27)28/h4-11,20H,1-3,12-19,26H2,(H3,27,28). The van der Waals surface area contributed by atoms with Crippen molar-refractivity contribution < 1.29 is 9.47 Å². The molecule has 0 radical (unpaired) electrons. The first-order chi connectivity index (χ1) is 15.1. The lowest BCUT2D eigenvalue weighted by molar-refractivity contribution is 0.161. The van der Waals surface area contributed by atoms with Crippen LogP contribution in [0.3, 0.4) is 0 Å². The molecule has 0 bridgehead atoms. The van der Waals surface area contributed by atoms with Gasteiger partial charge in [0, 0.05) is 18.7 Å². The van der Waals surface area contributed by atoms with Gasteiger partial charge in [0.2, 0.25) is 0 Å². The Bertz CT molecular complexity index is 784. The summed E-state index contributed by atoms with van der Waals surface area (Å²) in [6.45, 7) is 5.54. The molecular formula is C25H36N4O2. The lowest BCUT2D eigenvalue weighted by Gasteiger charge is -2.32. The molecule has 0 amide bonds. The monoisotopic (exact) mass is 424 g/mol. The second kappa shape index (κ2) is 12.3. The summed E-state index contributed by atoms with van der Waals surface area (Å²) in [4.78, 5) is 2.56. The van der Waals surface area contributed by atoms with Crippen molar-refractivity contribution in [3.8, 4) is 11.5 Å². The molecule has 6 nitrogen and oxygen atoms in total. The van der Waals surface area contributed by atoms with Crippen molar-refractivity contribution in [2.75, 3.05) is 32.8 Å². The van der Waals surface area contributed by atoms with Gasteiger partial charge >= 0.3 is 0 Å². The zero-order valence-electron chi connectivity index (χ0n) is 18.4. The minimum Gasteiger partial charge on any atom is -0.494 e. The number of nitrogens with zero attached hydrogens (tertiary/aromatic N) is 1. The first kappa shape index (κ1) is 23.1. The molecule has 1 aliphatic rings. The smallest absolute Gasteiger partial charge is 0.122 e. The molecule has 2 aromatic carbocycles. The third-order valence-corrected chi connectivity index (χ3v) is 5.94. The molecule has 0 atom stereocenters. The molecule has 0 unspecified atom stereocenters. The number of likely N-dealkylation sites (tertiary alicyclic amines) is 1. The number of hydrogen-bond donors (Lipinski definition) is 3. The van der Waals surface area contributed by atoms with Gasteiger partial charge in [0.15, 0.2) is 0 Å². The highest BCUT2D eigenvalue weighted by molar-refractivity contribution is 5.94. The Morgan fingerprint density at radius 2 is 1.48 bits per heavy atom. The molecule has 5 N–H and O–H groups in total. The molecule has 31 heavy (non-hydrogen) atoms. The van der Waals surface area contributed by atoms with Crippen LogP contribution in [0.15, 0.2) is 48.5 Å². The Kier molecular flexibility index (Phi) is 9.18. The van der Waals surface area contributed by atoms with Crippen LogP contribution in [0.1, 0.15) is 43.2 Å². The Morgan fingerprint density at radius 1 is 0.903 bits per heavy atom. The summed E-state index contributed by atoms with van der Waals surface area (Å²) in [5.74, 6) is 2.66.